The zero-order valence-electron chi connectivity index (χ0n) is 27.7. The summed E-state index contributed by atoms with van der Waals surface area (Å²) in [4.78, 5) is 37.6. The third-order valence-electron chi connectivity index (χ3n) is 8.63. The number of carbonyl (C=O) groups excluding carboxylic acids is 2. The van der Waals surface area contributed by atoms with E-state index in [1.165, 1.54) is 6.20 Å². The number of nitrogens with one attached hydrogen (secondary N) is 4. The molecule has 256 valence electrons. The Hall–Kier alpha value is -4.64. The van der Waals surface area contributed by atoms with Crippen molar-refractivity contribution in [3.05, 3.63) is 83.5 Å². The number of aromatic nitrogens is 2. The Balaban J connectivity index is 1.09. The summed E-state index contributed by atoms with van der Waals surface area (Å²) in [6.45, 7) is 7.58. The minimum Gasteiger partial charge on any atom is -0.494 e. The highest BCUT2D eigenvalue weighted by atomic mass is 35.5. The number of piperidine rings is 1. The van der Waals surface area contributed by atoms with Crippen molar-refractivity contribution in [2.24, 2.45) is 0 Å². The van der Waals surface area contributed by atoms with Gasteiger partial charge in [-0.3, -0.25) is 19.8 Å². The first-order valence-corrected chi connectivity index (χ1v) is 19.1. The second kappa shape index (κ2) is 14.9. The van der Waals surface area contributed by atoms with Gasteiger partial charge in [0.05, 0.1) is 24.7 Å². The highest BCUT2D eigenvalue weighted by Gasteiger charge is 2.27. The molecule has 4 aromatic rings. The van der Waals surface area contributed by atoms with Gasteiger partial charge in [-0.1, -0.05) is 41.9 Å². The van der Waals surface area contributed by atoms with Crippen LogP contribution in [0.15, 0.2) is 72.9 Å². The molecule has 0 radical (unpaired) electrons. The summed E-state index contributed by atoms with van der Waals surface area (Å²) in [5.41, 5.74) is 4.45. The minimum absolute atomic E-state index is 0.221. The minimum atomic E-state index is -2.54. The van der Waals surface area contributed by atoms with Crippen LogP contribution in [0.3, 0.4) is 0 Å². The smallest absolute Gasteiger partial charge is 0.249 e. The Labute approximate surface area is 291 Å². The lowest BCUT2D eigenvalue weighted by Crippen LogP contribution is -2.48. The van der Waals surface area contributed by atoms with Gasteiger partial charge in [-0.2, -0.15) is 4.98 Å². The van der Waals surface area contributed by atoms with Crippen LogP contribution in [0.1, 0.15) is 18.4 Å². The van der Waals surface area contributed by atoms with Gasteiger partial charge in [-0.15, -0.1) is 0 Å². The number of hydrogen-bond acceptors (Lipinski definition) is 11. The Morgan fingerprint density at radius 3 is 2.43 bits per heavy atom. The monoisotopic (exact) mass is 702 g/mol. The van der Waals surface area contributed by atoms with Gasteiger partial charge in [0.1, 0.15) is 24.0 Å². The lowest BCUT2D eigenvalue weighted by molar-refractivity contribution is -0.133. The van der Waals surface area contributed by atoms with Crippen LogP contribution in [0.25, 0.3) is 0 Å². The second-order valence-electron chi connectivity index (χ2n) is 12.5. The molecule has 4 N–H and O–H groups in total. The van der Waals surface area contributed by atoms with E-state index in [4.69, 9.17) is 16.3 Å². The maximum atomic E-state index is 12.9. The van der Waals surface area contributed by atoms with Gasteiger partial charge < -0.3 is 30.2 Å². The summed E-state index contributed by atoms with van der Waals surface area (Å²) in [6.07, 6.45) is 2.34. The molecule has 2 aliphatic heterocycles. The molecule has 12 nitrogen and oxygen atoms in total. The fourth-order valence-corrected chi connectivity index (χ4v) is 7.31. The number of hydrogen-bond donors (Lipinski definition) is 4. The molecule has 3 aromatic carbocycles. The number of anilines is 6. The molecule has 1 aromatic heterocycles. The molecule has 3 heterocycles. The average Bonchev–Trinajstić information content (AvgIpc) is 3.08. The molecular formula is C35H40ClN8O4P. The molecule has 2 fully saturated rings. The number of imide groups is 1. The number of nitrogens with zero attached hydrogens (tertiary/aromatic N) is 4. The van der Waals surface area contributed by atoms with E-state index in [9.17, 15) is 14.2 Å². The summed E-state index contributed by atoms with van der Waals surface area (Å²) in [7, 11) is -0.917. The first-order valence-electron chi connectivity index (χ1n) is 16.1. The van der Waals surface area contributed by atoms with Crippen molar-refractivity contribution < 1.29 is 18.9 Å². The van der Waals surface area contributed by atoms with Crippen molar-refractivity contribution in [3.8, 4) is 5.75 Å². The molecule has 0 bridgehead atoms. The van der Waals surface area contributed by atoms with Crippen molar-refractivity contribution >= 4 is 70.4 Å². The number of amides is 2. The highest BCUT2D eigenvalue weighted by Crippen LogP contribution is 2.39. The van der Waals surface area contributed by atoms with Gasteiger partial charge in [-0.05, 0) is 55.6 Å². The summed E-state index contributed by atoms with van der Waals surface area (Å²) < 4.78 is 18.6. The van der Waals surface area contributed by atoms with Crippen LogP contribution in [0.2, 0.25) is 5.02 Å². The van der Waals surface area contributed by atoms with E-state index in [0.29, 0.717) is 52.1 Å². The van der Waals surface area contributed by atoms with E-state index < -0.39 is 13.2 Å². The second-order valence-corrected chi connectivity index (χ2v) is 16.1. The normalized spacial score (nSPS) is 17.0. The molecule has 0 aliphatic carbocycles. The number of methoxy groups -OCH3 is 1. The molecule has 2 amide bonds. The van der Waals surface area contributed by atoms with Crippen LogP contribution >= 0.6 is 18.7 Å². The Bertz CT molecular complexity index is 1900. The largest absolute Gasteiger partial charge is 0.494 e. The SMILES string of the molecule is COc1cc(N2CCN(Cc3ccccc3NC3CCC(=O)NC3=O)CC2)ccc1Nc1ncc(Cl)c(Nc2ccccc2P(C)(C)=O)n1. The predicted octanol–water partition coefficient (Wildman–Crippen LogP) is 5.41. The molecule has 14 heteroatoms. The first kappa shape index (κ1) is 34.2. The van der Waals surface area contributed by atoms with Crippen LogP contribution in [0.4, 0.5) is 34.5 Å². The fraction of sp³-hybridized carbons (Fsp3) is 0.314. The van der Waals surface area contributed by atoms with Crippen LogP contribution in [-0.2, 0) is 20.7 Å². The number of rotatable bonds is 11. The van der Waals surface area contributed by atoms with E-state index >= 15 is 0 Å². The van der Waals surface area contributed by atoms with Crippen molar-refractivity contribution in [3.63, 3.8) is 0 Å². The summed E-state index contributed by atoms with van der Waals surface area (Å²) in [5.74, 6) is 0.864. The number of benzene rings is 3. The molecule has 1 unspecified atom stereocenters. The number of ether oxygens (including phenoxy) is 1. The van der Waals surface area contributed by atoms with Gasteiger partial charge in [0, 0.05) is 61.9 Å². The van der Waals surface area contributed by atoms with Gasteiger partial charge in [0.15, 0.2) is 5.82 Å². The van der Waals surface area contributed by atoms with Gasteiger partial charge in [0.2, 0.25) is 17.8 Å². The maximum Gasteiger partial charge on any atom is 0.249 e. The maximum absolute atomic E-state index is 12.9. The van der Waals surface area contributed by atoms with Crippen LogP contribution < -0.4 is 36.2 Å². The van der Waals surface area contributed by atoms with Crippen molar-refractivity contribution in [1.82, 2.24) is 20.2 Å². The molecule has 0 spiro atoms. The van der Waals surface area contributed by atoms with Crippen LogP contribution in [0, 0.1) is 0 Å². The highest BCUT2D eigenvalue weighted by molar-refractivity contribution is 7.70. The number of halogens is 1. The van der Waals surface area contributed by atoms with E-state index in [2.05, 4.69) is 47.1 Å². The first-order chi connectivity index (χ1) is 23.6. The zero-order valence-corrected chi connectivity index (χ0v) is 29.4. The van der Waals surface area contributed by atoms with Crippen LogP contribution in [-0.4, -0.2) is 79.3 Å². The van der Waals surface area contributed by atoms with E-state index in [0.717, 1.165) is 49.7 Å². The third kappa shape index (κ3) is 8.33. The molecule has 49 heavy (non-hydrogen) atoms. The van der Waals surface area contributed by atoms with Crippen molar-refractivity contribution in [2.75, 3.05) is 67.5 Å². The summed E-state index contributed by atoms with van der Waals surface area (Å²) >= 11 is 6.45. The molecular weight excluding hydrogens is 663 g/mol. The standard InChI is InChI=1S/C35H40ClN8O4P/c1-48-30-20-24(12-13-27(30)40-35-37-21-25(36)33(42-35)39-28-10-6-7-11-31(28)49(2,3)47)44-18-16-43(17-19-44)22-23-8-4-5-9-26(23)38-29-14-15-32(45)41-34(29)46/h4-13,20-21,29,38H,14-19,22H2,1-3H3,(H,41,45,46)(H2,37,39,40,42). The Morgan fingerprint density at radius 2 is 1.69 bits per heavy atom. The quantitative estimate of drug-likeness (QED) is 0.118. The summed E-state index contributed by atoms with van der Waals surface area (Å²) in [6, 6.07) is 21.0. The Morgan fingerprint density at radius 1 is 0.959 bits per heavy atom. The van der Waals surface area contributed by atoms with Crippen molar-refractivity contribution in [1.29, 1.82) is 0 Å². The van der Waals surface area contributed by atoms with Gasteiger partial charge in [0.25, 0.3) is 0 Å². The fourth-order valence-electron chi connectivity index (χ4n) is 6.01. The zero-order chi connectivity index (χ0) is 34.5. The summed E-state index contributed by atoms with van der Waals surface area (Å²) in [5, 5.41) is 13.3. The number of para-hydroxylation sites is 2. The van der Waals surface area contributed by atoms with Gasteiger partial charge >= 0.3 is 0 Å². The molecule has 2 aliphatic rings. The Kier molecular flexibility index (Phi) is 10.4. The molecule has 2 saturated heterocycles. The third-order valence-corrected chi connectivity index (χ3v) is 10.5. The lowest BCUT2D eigenvalue weighted by atomic mass is 10.0. The van der Waals surface area contributed by atoms with Gasteiger partial charge in [-0.25, -0.2) is 4.98 Å². The number of carbonyl (C=O) groups is 2. The topological polar surface area (TPSA) is 141 Å². The van der Waals surface area contributed by atoms with Crippen LogP contribution in [0.5, 0.6) is 5.75 Å². The molecule has 1 atom stereocenters. The molecule has 0 saturated carbocycles. The van der Waals surface area contributed by atoms with Crippen molar-refractivity contribution in [2.45, 2.75) is 25.4 Å². The van der Waals surface area contributed by atoms with E-state index in [-0.39, 0.29) is 11.8 Å². The average molecular weight is 703 g/mol. The lowest BCUT2D eigenvalue weighted by Gasteiger charge is -2.36. The van der Waals surface area contributed by atoms with E-state index in [1.54, 1.807) is 20.4 Å². The number of piperazine rings is 1. The molecule has 6 rings (SSSR count). The van der Waals surface area contributed by atoms with E-state index in [1.807, 2.05) is 60.7 Å². The predicted molar refractivity (Wildman–Crippen MR) is 196 cm³/mol.